The molecule has 0 aliphatic heterocycles. The molecule has 0 radical (unpaired) electrons. The number of ether oxygens (including phenoxy) is 2. The van der Waals surface area contributed by atoms with Crippen molar-refractivity contribution in [2.75, 3.05) is 26.9 Å². The van der Waals surface area contributed by atoms with Crippen molar-refractivity contribution in [3.8, 4) is 0 Å². The summed E-state index contributed by atoms with van der Waals surface area (Å²) in [4.78, 5) is 1.18. The third-order valence-electron chi connectivity index (χ3n) is 2.90. The second kappa shape index (κ2) is 9.44. The van der Waals surface area contributed by atoms with Gasteiger partial charge in [0.25, 0.3) is 0 Å². The van der Waals surface area contributed by atoms with Crippen LogP contribution in [0.1, 0.15) is 18.7 Å². The molecule has 0 aliphatic rings. The summed E-state index contributed by atoms with van der Waals surface area (Å²) in [6.07, 6.45) is -0.488. The molecule has 2 atom stereocenters. The quantitative estimate of drug-likeness (QED) is 0.690. The second-order valence-corrected chi connectivity index (χ2v) is 5.99. The molecular weight excluding hydrogens is 262 g/mol. The molecule has 0 amide bonds. The van der Waals surface area contributed by atoms with Crippen LogP contribution in [0.5, 0.6) is 0 Å². The molecule has 5 heteroatoms. The summed E-state index contributed by atoms with van der Waals surface area (Å²) in [6, 6.07) is 4.29. The van der Waals surface area contributed by atoms with Gasteiger partial charge in [-0.25, -0.2) is 0 Å². The van der Waals surface area contributed by atoms with E-state index in [9.17, 15) is 5.11 Å². The van der Waals surface area contributed by atoms with E-state index in [0.29, 0.717) is 32.3 Å². The fourth-order valence-corrected chi connectivity index (χ4v) is 2.34. The van der Waals surface area contributed by atoms with Crippen LogP contribution in [-0.2, 0) is 16.1 Å². The van der Waals surface area contributed by atoms with Gasteiger partial charge in [-0.3, -0.25) is 0 Å². The summed E-state index contributed by atoms with van der Waals surface area (Å²) in [5.41, 5.74) is 0. The van der Waals surface area contributed by atoms with Crippen molar-refractivity contribution >= 4 is 11.3 Å². The van der Waals surface area contributed by atoms with Crippen LogP contribution < -0.4 is 5.32 Å². The Hall–Kier alpha value is -0.460. The molecule has 110 valence electrons. The number of aliphatic hydroxyl groups excluding tert-OH is 1. The maximum atomic E-state index is 9.85. The molecule has 4 nitrogen and oxygen atoms in total. The van der Waals surface area contributed by atoms with E-state index in [1.165, 1.54) is 4.88 Å². The van der Waals surface area contributed by atoms with Crippen LogP contribution in [0, 0.1) is 5.92 Å². The van der Waals surface area contributed by atoms with Crippen LogP contribution in [0.4, 0.5) is 0 Å². The van der Waals surface area contributed by atoms with Crippen LogP contribution in [-0.4, -0.2) is 44.1 Å². The van der Waals surface area contributed by atoms with Gasteiger partial charge in [0, 0.05) is 24.6 Å². The third-order valence-corrected chi connectivity index (χ3v) is 3.75. The van der Waals surface area contributed by atoms with Crippen molar-refractivity contribution in [3.05, 3.63) is 22.4 Å². The number of methoxy groups -OCH3 is 1. The number of thiophene rings is 1. The summed E-state index contributed by atoms with van der Waals surface area (Å²) >= 11 is 1.66. The molecule has 0 aliphatic carbocycles. The fraction of sp³-hybridized carbons (Fsp3) is 0.714. The molecule has 0 saturated carbocycles. The SMILES string of the molecule is COCC(NCC(O)COCc1cccs1)C(C)C. The zero-order chi connectivity index (χ0) is 14.1. The minimum Gasteiger partial charge on any atom is -0.389 e. The van der Waals surface area contributed by atoms with Crippen molar-refractivity contribution in [3.63, 3.8) is 0 Å². The molecule has 1 rings (SSSR count). The van der Waals surface area contributed by atoms with Gasteiger partial charge in [-0.2, -0.15) is 0 Å². The molecular formula is C14H25NO3S. The van der Waals surface area contributed by atoms with E-state index in [0.717, 1.165) is 0 Å². The first-order valence-electron chi connectivity index (χ1n) is 6.64. The highest BCUT2D eigenvalue weighted by atomic mass is 32.1. The van der Waals surface area contributed by atoms with Crippen molar-refractivity contribution in [2.45, 2.75) is 32.6 Å². The molecule has 19 heavy (non-hydrogen) atoms. The zero-order valence-corrected chi connectivity index (χ0v) is 12.8. The second-order valence-electron chi connectivity index (χ2n) is 4.96. The summed E-state index contributed by atoms with van der Waals surface area (Å²) < 4.78 is 10.6. The lowest BCUT2D eigenvalue weighted by molar-refractivity contribution is 0.0255. The molecule has 0 bridgehead atoms. The third kappa shape index (κ3) is 7.03. The van der Waals surface area contributed by atoms with E-state index in [1.807, 2.05) is 17.5 Å². The highest BCUT2D eigenvalue weighted by Gasteiger charge is 2.14. The van der Waals surface area contributed by atoms with Crippen molar-refractivity contribution < 1.29 is 14.6 Å². The minimum absolute atomic E-state index is 0.261. The smallest absolute Gasteiger partial charge is 0.0897 e. The number of rotatable bonds is 10. The van der Waals surface area contributed by atoms with Gasteiger partial charge in [0.05, 0.1) is 25.9 Å². The number of hydrogen-bond acceptors (Lipinski definition) is 5. The van der Waals surface area contributed by atoms with Gasteiger partial charge in [-0.15, -0.1) is 11.3 Å². The first-order valence-corrected chi connectivity index (χ1v) is 7.52. The molecule has 2 unspecified atom stereocenters. The van der Waals surface area contributed by atoms with Crippen LogP contribution in [0.25, 0.3) is 0 Å². The lowest BCUT2D eigenvalue weighted by Gasteiger charge is -2.23. The van der Waals surface area contributed by atoms with Crippen molar-refractivity contribution in [1.82, 2.24) is 5.32 Å². The monoisotopic (exact) mass is 287 g/mol. The first kappa shape index (κ1) is 16.6. The largest absolute Gasteiger partial charge is 0.389 e. The lowest BCUT2D eigenvalue weighted by atomic mass is 10.1. The van der Waals surface area contributed by atoms with Gasteiger partial charge in [-0.05, 0) is 17.4 Å². The summed E-state index contributed by atoms with van der Waals surface area (Å²) in [5, 5.41) is 15.2. The fourth-order valence-electron chi connectivity index (χ4n) is 1.70. The minimum atomic E-state index is -0.488. The topological polar surface area (TPSA) is 50.7 Å². The normalized spacial score (nSPS) is 14.8. The van der Waals surface area contributed by atoms with Gasteiger partial charge in [0.15, 0.2) is 0 Å². The van der Waals surface area contributed by atoms with Crippen LogP contribution in [0.15, 0.2) is 17.5 Å². The van der Waals surface area contributed by atoms with Gasteiger partial charge >= 0.3 is 0 Å². The number of hydrogen-bond donors (Lipinski definition) is 2. The van der Waals surface area contributed by atoms with E-state index in [2.05, 4.69) is 19.2 Å². The van der Waals surface area contributed by atoms with Crippen LogP contribution in [0.2, 0.25) is 0 Å². The molecule has 1 aromatic rings. The molecule has 1 aromatic heterocycles. The molecule has 0 fully saturated rings. The summed E-state index contributed by atoms with van der Waals surface area (Å²) in [6.45, 7) is 6.37. The molecule has 0 aromatic carbocycles. The lowest BCUT2D eigenvalue weighted by Crippen LogP contribution is -2.42. The molecule has 0 spiro atoms. The van der Waals surface area contributed by atoms with Crippen molar-refractivity contribution in [2.24, 2.45) is 5.92 Å². The number of nitrogens with one attached hydrogen (secondary N) is 1. The Morgan fingerprint density at radius 1 is 1.37 bits per heavy atom. The van der Waals surface area contributed by atoms with Gasteiger partial charge in [0.1, 0.15) is 0 Å². The Kier molecular flexibility index (Phi) is 8.25. The predicted octanol–water partition coefficient (Wildman–Crippen LogP) is 1.89. The van der Waals surface area contributed by atoms with E-state index in [1.54, 1.807) is 18.4 Å². The Balaban J connectivity index is 2.14. The van der Waals surface area contributed by atoms with Gasteiger partial charge in [-0.1, -0.05) is 19.9 Å². The highest BCUT2D eigenvalue weighted by molar-refractivity contribution is 7.09. The Morgan fingerprint density at radius 3 is 2.74 bits per heavy atom. The first-order chi connectivity index (χ1) is 9.13. The van der Waals surface area contributed by atoms with E-state index in [-0.39, 0.29) is 6.04 Å². The average molecular weight is 287 g/mol. The standard InChI is InChI=1S/C14H25NO3S/c1-11(2)14(10-17-3)15-7-12(16)8-18-9-13-5-4-6-19-13/h4-6,11-12,14-16H,7-10H2,1-3H3. The summed E-state index contributed by atoms with van der Waals surface area (Å²) in [5.74, 6) is 0.471. The van der Waals surface area contributed by atoms with E-state index in [4.69, 9.17) is 9.47 Å². The molecule has 2 N–H and O–H groups in total. The van der Waals surface area contributed by atoms with Crippen LogP contribution >= 0.6 is 11.3 Å². The maximum absolute atomic E-state index is 9.85. The maximum Gasteiger partial charge on any atom is 0.0897 e. The van der Waals surface area contributed by atoms with Gasteiger partial charge in [0.2, 0.25) is 0 Å². The Morgan fingerprint density at radius 2 is 2.16 bits per heavy atom. The average Bonchev–Trinajstić information content (AvgIpc) is 2.87. The molecule has 0 saturated heterocycles. The van der Waals surface area contributed by atoms with E-state index < -0.39 is 6.10 Å². The van der Waals surface area contributed by atoms with E-state index >= 15 is 0 Å². The Bertz CT molecular complexity index is 317. The highest BCUT2D eigenvalue weighted by Crippen LogP contribution is 2.09. The van der Waals surface area contributed by atoms with Gasteiger partial charge < -0.3 is 19.9 Å². The summed E-state index contributed by atoms with van der Waals surface area (Å²) in [7, 11) is 1.69. The van der Waals surface area contributed by atoms with Crippen molar-refractivity contribution in [1.29, 1.82) is 0 Å². The number of aliphatic hydroxyl groups is 1. The van der Waals surface area contributed by atoms with Crippen LogP contribution in [0.3, 0.4) is 0 Å². The molecule has 1 heterocycles. The Labute approximate surface area is 119 Å². The predicted molar refractivity (Wildman–Crippen MR) is 78.5 cm³/mol. The zero-order valence-electron chi connectivity index (χ0n) is 12.0.